The van der Waals surface area contributed by atoms with Crippen molar-refractivity contribution in [3.63, 3.8) is 0 Å². The summed E-state index contributed by atoms with van der Waals surface area (Å²) < 4.78 is 83.2. The van der Waals surface area contributed by atoms with E-state index < -0.39 is 34.8 Å². The van der Waals surface area contributed by atoms with Crippen molar-refractivity contribution in [3.05, 3.63) is 69.8 Å². The van der Waals surface area contributed by atoms with Crippen molar-refractivity contribution in [1.82, 2.24) is 10.6 Å². The summed E-state index contributed by atoms with van der Waals surface area (Å²) in [6.45, 7) is 13.0. The molecule has 268 valence electrons. The second-order valence-corrected chi connectivity index (χ2v) is 14.5. The van der Waals surface area contributed by atoms with Crippen LogP contribution in [-0.2, 0) is 29.7 Å². The maximum Gasteiger partial charge on any atom is 0.416 e. The standard InChI is InChI=1S/C35H56F6N6/c1-32(2,3)26-12-23(19-46-21-30(44)8-6-10-42)13-27(16-26)33(4,5)18-25(20-47-22-31(45)9-7-11-43)24-14-28(34(36,37)38)17-29(15-24)35(39,40)41/h12-17,25,30-31,46-47H,6-11,18-22,42-45H2,1-5H3/t25?,30-,31-/m0/s1. The number of hydrogen-bond donors (Lipinski definition) is 6. The van der Waals surface area contributed by atoms with Crippen LogP contribution in [0.5, 0.6) is 0 Å². The van der Waals surface area contributed by atoms with E-state index in [1.165, 1.54) is 0 Å². The number of alkyl halides is 6. The highest BCUT2D eigenvalue weighted by atomic mass is 19.4. The van der Waals surface area contributed by atoms with Gasteiger partial charge in [0.25, 0.3) is 0 Å². The van der Waals surface area contributed by atoms with Crippen LogP contribution in [0.4, 0.5) is 26.3 Å². The molecule has 0 saturated carbocycles. The SMILES string of the molecule is CC(C)(C)c1cc(CNC[C@@H](N)CCCN)cc(C(C)(C)CC(CNC[C@@H](N)CCCN)c2cc(C(F)(F)F)cc(C(F)(F)F)c2)c1. The van der Waals surface area contributed by atoms with Gasteiger partial charge in [0.15, 0.2) is 0 Å². The van der Waals surface area contributed by atoms with Crippen LogP contribution < -0.4 is 33.6 Å². The molecule has 0 aliphatic rings. The smallest absolute Gasteiger partial charge is 0.330 e. The zero-order chi connectivity index (χ0) is 35.6. The number of benzene rings is 2. The molecule has 12 heteroatoms. The molecule has 0 spiro atoms. The van der Waals surface area contributed by atoms with Gasteiger partial charge in [0, 0.05) is 38.3 Å². The minimum absolute atomic E-state index is 0.0245. The first-order valence-electron chi connectivity index (χ1n) is 16.4. The van der Waals surface area contributed by atoms with Crippen molar-refractivity contribution in [2.45, 2.75) is 114 Å². The second kappa shape index (κ2) is 17.4. The van der Waals surface area contributed by atoms with Gasteiger partial charge in [0.05, 0.1) is 11.1 Å². The summed E-state index contributed by atoms with van der Waals surface area (Å²) in [7, 11) is 0. The van der Waals surface area contributed by atoms with Crippen LogP contribution in [0.3, 0.4) is 0 Å². The lowest BCUT2D eigenvalue weighted by Crippen LogP contribution is -2.37. The van der Waals surface area contributed by atoms with Crippen LogP contribution in [0.1, 0.15) is 106 Å². The molecule has 3 atom stereocenters. The molecular weight excluding hydrogens is 618 g/mol. The van der Waals surface area contributed by atoms with Gasteiger partial charge in [-0.05, 0) is 102 Å². The first-order chi connectivity index (χ1) is 21.7. The largest absolute Gasteiger partial charge is 0.416 e. The van der Waals surface area contributed by atoms with Gasteiger partial charge >= 0.3 is 12.4 Å². The topological polar surface area (TPSA) is 128 Å². The van der Waals surface area contributed by atoms with Crippen LogP contribution in [0.2, 0.25) is 0 Å². The third-order valence-electron chi connectivity index (χ3n) is 8.57. The van der Waals surface area contributed by atoms with Crippen LogP contribution in [-0.4, -0.2) is 44.8 Å². The van der Waals surface area contributed by atoms with Crippen molar-refractivity contribution < 1.29 is 26.3 Å². The second-order valence-electron chi connectivity index (χ2n) is 14.5. The molecule has 0 fully saturated rings. The summed E-state index contributed by atoms with van der Waals surface area (Å²) in [5, 5.41) is 6.64. The van der Waals surface area contributed by atoms with Gasteiger partial charge in [-0.2, -0.15) is 26.3 Å². The Morgan fingerprint density at radius 2 is 1.09 bits per heavy atom. The fraction of sp³-hybridized carbons (Fsp3) is 0.657. The third kappa shape index (κ3) is 13.7. The van der Waals surface area contributed by atoms with Gasteiger partial charge in [-0.3, -0.25) is 0 Å². The highest BCUT2D eigenvalue weighted by molar-refractivity contribution is 5.40. The van der Waals surface area contributed by atoms with E-state index >= 15 is 0 Å². The molecule has 0 amide bonds. The number of nitrogens with one attached hydrogen (secondary N) is 2. The van der Waals surface area contributed by atoms with Gasteiger partial charge in [0.2, 0.25) is 0 Å². The lowest BCUT2D eigenvalue weighted by atomic mass is 9.72. The molecule has 10 N–H and O–H groups in total. The zero-order valence-electron chi connectivity index (χ0n) is 28.6. The molecule has 0 heterocycles. The Morgan fingerprint density at radius 1 is 0.617 bits per heavy atom. The maximum atomic E-state index is 13.9. The summed E-state index contributed by atoms with van der Waals surface area (Å²) in [4.78, 5) is 0. The zero-order valence-corrected chi connectivity index (χ0v) is 28.6. The molecule has 2 aromatic rings. The quantitative estimate of drug-likeness (QED) is 0.103. The summed E-state index contributed by atoms with van der Waals surface area (Å²) in [5.41, 5.74) is 23.1. The molecule has 0 aliphatic heterocycles. The number of nitrogens with two attached hydrogens (primary N) is 4. The maximum absolute atomic E-state index is 13.9. The molecule has 47 heavy (non-hydrogen) atoms. The van der Waals surface area contributed by atoms with Crippen LogP contribution >= 0.6 is 0 Å². The lowest BCUT2D eigenvalue weighted by molar-refractivity contribution is -0.143. The van der Waals surface area contributed by atoms with Gasteiger partial charge in [-0.15, -0.1) is 0 Å². The van der Waals surface area contributed by atoms with E-state index in [0.29, 0.717) is 45.6 Å². The molecule has 2 rings (SSSR count). The van der Waals surface area contributed by atoms with Crippen LogP contribution in [0.15, 0.2) is 36.4 Å². The van der Waals surface area contributed by atoms with E-state index in [9.17, 15) is 26.3 Å². The van der Waals surface area contributed by atoms with Gasteiger partial charge in [-0.1, -0.05) is 52.8 Å². The van der Waals surface area contributed by atoms with Gasteiger partial charge in [-0.25, -0.2) is 0 Å². The predicted octanol–water partition coefficient (Wildman–Crippen LogP) is 6.28. The minimum Gasteiger partial charge on any atom is -0.330 e. The Balaban J connectivity index is 2.52. The number of halogens is 6. The average Bonchev–Trinajstić information content (AvgIpc) is 2.96. The predicted molar refractivity (Wildman–Crippen MR) is 179 cm³/mol. The Morgan fingerprint density at radius 3 is 1.55 bits per heavy atom. The monoisotopic (exact) mass is 674 g/mol. The molecule has 1 unspecified atom stereocenters. The van der Waals surface area contributed by atoms with E-state index in [0.717, 1.165) is 41.7 Å². The Hall–Kier alpha value is -2.22. The van der Waals surface area contributed by atoms with Crippen LogP contribution in [0.25, 0.3) is 0 Å². The van der Waals surface area contributed by atoms with Crippen molar-refractivity contribution in [2.75, 3.05) is 32.7 Å². The number of rotatable bonds is 18. The fourth-order valence-corrected chi connectivity index (χ4v) is 5.68. The van der Waals surface area contributed by atoms with E-state index in [-0.39, 0.29) is 42.1 Å². The molecule has 0 aliphatic carbocycles. The molecular formula is C35H56F6N6. The van der Waals surface area contributed by atoms with Crippen LogP contribution in [0, 0.1) is 0 Å². The number of hydrogen-bond acceptors (Lipinski definition) is 6. The van der Waals surface area contributed by atoms with Crippen molar-refractivity contribution in [3.8, 4) is 0 Å². The fourth-order valence-electron chi connectivity index (χ4n) is 5.68. The molecule has 2 aromatic carbocycles. The normalized spacial score (nSPS) is 15.1. The average molecular weight is 675 g/mol. The minimum atomic E-state index is -4.94. The van der Waals surface area contributed by atoms with E-state index in [2.05, 4.69) is 49.6 Å². The molecule has 0 radical (unpaired) electrons. The summed E-state index contributed by atoms with van der Waals surface area (Å²) in [5.74, 6) is -0.685. The first-order valence-corrected chi connectivity index (χ1v) is 16.4. The first kappa shape index (κ1) is 41.0. The summed E-state index contributed by atoms with van der Waals surface area (Å²) in [6.07, 6.45) is -6.59. The Bertz CT molecular complexity index is 1210. The lowest BCUT2D eigenvalue weighted by Gasteiger charge is -2.33. The summed E-state index contributed by atoms with van der Waals surface area (Å²) in [6, 6.07) is 7.87. The molecule has 0 aromatic heterocycles. The Kier molecular flexibility index (Phi) is 15.2. The van der Waals surface area contributed by atoms with E-state index in [1.54, 1.807) is 0 Å². The highest BCUT2D eigenvalue weighted by Crippen LogP contribution is 2.41. The van der Waals surface area contributed by atoms with Gasteiger partial charge in [0.1, 0.15) is 0 Å². The van der Waals surface area contributed by atoms with Crippen molar-refractivity contribution >= 4 is 0 Å². The third-order valence-corrected chi connectivity index (χ3v) is 8.57. The molecule has 6 nitrogen and oxygen atoms in total. The molecule has 0 bridgehead atoms. The van der Waals surface area contributed by atoms with Crippen molar-refractivity contribution in [1.29, 1.82) is 0 Å². The molecule has 0 saturated heterocycles. The van der Waals surface area contributed by atoms with E-state index in [4.69, 9.17) is 22.9 Å². The Labute approximate surface area is 276 Å². The highest BCUT2D eigenvalue weighted by Gasteiger charge is 2.38. The van der Waals surface area contributed by atoms with E-state index in [1.807, 2.05) is 13.8 Å². The van der Waals surface area contributed by atoms with Gasteiger partial charge < -0.3 is 33.6 Å². The van der Waals surface area contributed by atoms with Crippen molar-refractivity contribution in [2.24, 2.45) is 22.9 Å². The summed E-state index contributed by atoms with van der Waals surface area (Å²) >= 11 is 0.